The molecule has 2 aliphatic heterocycles. The summed E-state index contributed by atoms with van der Waals surface area (Å²) in [5, 5.41) is 6.96. The van der Waals surface area contributed by atoms with Crippen molar-refractivity contribution in [3.05, 3.63) is 74.4 Å². The number of rotatable bonds is 9. The predicted molar refractivity (Wildman–Crippen MR) is 140 cm³/mol. The van der Waals surface area contributed by atoms with Gasteiger partial charge >= 0.3 is 0 Å². The molecule has 3 aromatic rings. The van der Waals surface area contributed by atoms with Gasteiger partial charge in [0.25, 0.3) is 5.56 Å². The molecule has 2 aliphatic rings. The first-order valence-electron chi connectivity index (χ1n) is 12.7. The van der Waals surface area contributed by atoms with Gasteiger partial charge in [-0.1, -0.05) is 37.6 Å². The van der Waals surface area contributed by atoms with Crippen LogP contribution in [0.3, 0.4) is 0 Å². The molecular weight excluding hydrogens is 454 g/mol. The summed E-state index contributed by atoms with van der Waals surface area (Å²) in [6.07, 6.45) is 6.26. The number of nitrogens with zero attached hydrogens (tertiary/aromatic N) is 2. The number of aryl methyl sites for hydroxylation is 2. The first-order chi connectivity index (χ1) is 17.5. The Morgan fingerprint density at radius 1 is 1.22 bits per heavy atom. The molecule has 1 amide bonds. The molecule has 8 nitrogen and oxygen atoms in total. The summed E-state index contributed by atoms with van der Waals surface area (Å²) in [4.78, 5) is 31.6. The van der Waals surface area contributed by atoms with E-state index >= 15 is 0 Å². The number of nitrogens with one attached hydrogen (secondary N) is 3. The second kappa shape index (κ2) is 10.4. The van der Waals surface area contributed by atoms with Crippen molar-refractivity contribution in [3.8, 4) is 5.75 Å². The molecule has 1 atom stereocenters. The van der Waals surface area contributed by atoms with E-state index in [0.29, 0.717) is 30.5 Å². The minimum Gasteiger partial charge on any atom is -0.494 e. The minimum absolute atomic E-state index is 0.0119. The summed E-state index contributed by atoms with van der Waals surface area (Å²) in [6.45, 7) is 7.07. The second-order valence-corrected chi connectivity index (χ2v) is 9.63. The van der Waals surface area contributed by atoms with Crippen molar-refractivity contribution in [1.29, 1.82) is 0 Å². The van der Waals surface area contributed by atoms with Crippen LogP contribution in [0.4, 0.5) is 11.4 Å². The number of aromatic amines is 1. The number of anilines is 1. The first kappa shape index (κ1) is 23.9. The third-order valence-corrected chi connectivity index (χ3v) is 6.99. The van der Waals surface area contributed by atoms with Gasteiger partial charge in [-0.2, -0.15) is 0 Å². The summed E-state index contributed by atoms with van der Waals surface area (Å²) < 4.78 is 7.80. The maximum atomic E-state index is 12.3. The fraction of sp³-hybridized carbons (Fsp3) is 0.393. The van der Waals surface area contributed by atoms with Gasteiger partial charge in [0.05, 0.1) is 25.0 Å². The van der Waals surface area contributed by atoms with Crippen LogP contribution in [0.1, 0.15) is 55.2 Å². The van der Waals surface area contributed by atoms with Gasteiger partial charge in [0.2, 0.25) is 11.5 Å². The van der Waals surface area contributed by atoms with Crippen LogP contribution in [-0.2, 0) is 17.8 Å². The van der Waals surface area contributed by atoms with E-state index in [9.17, 15) is 9.59 Å². The Morgan fingerprint density at radius 3 is 2.94 bits per heavy atom. The zero-order chi connectivity index (χ0) is 25.1. The van der Waals surface area contributed by atoms with Gasteiger partial charge in [0.1, 0.15) is 11.1 Å². The van der Waals surface area contributed by atoms with E-state index in [4.69, 9.17) is 4.74 Å². The van der Waals surface area contributed by atoms with Crippen LogP contribution in [0.2, 0.25) is 0 Å². The average molecular weight is 488 g/mol. The smallest absolute Gasteiger partial charge is 0.274 e. The summed E-state index contributed by atoms with van der Waals surface area (Å²) in [5.74, 6) is 0.892. The maximum Gasteiger partial charge on any atom is 0.274 e. The van der Waals surface area contributed by atoms with E-state index < -0.39 is 0 Å². The summed E-state index contributed by atoms with van der Waals surface area (Å²) >= 11 is 0. The Balaban J connectivity index is 1.02. The van der Waals surface area contributed by atoms with Crippen LogP contribution >= 0.6 is 0 Å². The number of unbranched alkanes of at least 4 members (excludes halogenated alkanes) is 3. The zero-order valence-electron chi connectivity index (χ0n) is 20.7. The van der Waals surface area contributed by atoms with E-state index in [-0.39, 0.29) is 17.6 Å². The van der Waals surface area contributed by atoms with Crippen molar-refractivity contribution in [2.75, 3.05) is 11.9 Å². The van der Waals surface area contributed by atoms with Crippen LogP contribution in [0.25, 0.3) is 6.58 Å². The predicted octanol–water partition coefficient (Wildman–Crippen LogP) is 3.04. The SMILES string of the molecule is C=c1c(=O)[nH]c2n1Cc1c(C)cc(OCCCCCCC(=O)NC3CCc4ccccc4N3)cc1N=2. The largest absolute Gasteiger partial charge is 0.494 e. The van der Waals surface area contributed by atoms with E-state index in [1.165, 1.54) is 5.56 Å². The van der Waals surface area contributed by atoms with Crippen LogP contribution in [0.5, 0.6) is 5.75 Å². The number of H-pyrrole nitrogens is 1. The molecular formula is C28H33N5O3. The first-order valence-corrected chi connectivity index (χ1v) is 12.7. The Kier molecular flexibility index (Phi) is 6.93. The Hall–Kier alpha value is -3.81. The van der Waals surface area contributed by atoms with E-state index in [2.05, 4.69) is 45.4 Å². The van der Waals surface area contributed by atoms with Gasteiger partial charge in [-0.15, -0.1) is 0 Å². The quantitative estimate of drug-likeness (QED) is 0.316. The lowest BCUT2D eigenvalue weighted by Crippen LogP contribution is -2.42. The lowest BCUT2D eigenvalue weighted by atomic mass is 10.0. The van der Waals surface area contributed by atoms with Gasteiger partial charge in [0, 0.05) is 23.7 Å². The molecule has 0 aliphatic carbocycles. The van der Waals surface area contributed by atoms with Crippen molar-refractivity contribution in [2.45, 2.75) is 64.6 Å². The summed E-state index contributed by atoms with van der Waals surface area (Å²) in [7, 11) is 0. The Labute approximate surface area is 210 Å². The zero-order valence-corrected chi connectivity index (χ0v) is 20.7. The number of benzene rings is 2. The Morgan fingerprint density at radius 2 is 2.06 bits per heavy atom. The molecule has 188 valence electrons. The van der Waals surface area contributed by atoms with Crippen LogP contribution in [-0.4, -0.2) is 28.2 Å². The molecule has 0 spiro atoms. The van der Waals surface area contributed by atoms with Crippen LogP contribution in [0, 0.1) is 6.92 Å². The van der Waals surface area contributed by atoms with Crippen molar-refractivity contribution in [1.82, 2.24) is 14.9 Å². The maximum absolute atomic E-state index is 12.3. The average Bonchev–Trinajstić information content (AvgIpc) is 3.14. The number of aromatic nitrogens is 2. The molecule has 0 bridgehead atoms. The normalized spacial score (nSPS) is 15.6. The molecule has 0 fully saturated rings. The van der Waals surface area contributed by atoms with E-state index in [0.717, 1.165) is 66.8 Å². The van der Waals surface area contributed by atoms with E-state index in [1.54, 1.807) is 0 Å². The molecule has 2 aromatic carbocycles. The molecule has 3 heterocycles. The number of hydrogen-bond donors (Lipinski definition) is 3. The highest BCUT2D eigenvalue weighted by atomic mass is 16.5. The van der Waals surface area contributed by atoms with Crippen LogP contribution < -0.4 is 31.9 Å². The number of hydrogen-bond acceptors (Lipinski definition) is 5. The standard InChI is InChI=1S/C28H33N5O3/c1-18-15-21(16-24-22(18)17-33-19(2)27(35)32-28(33)30-24)36-14-8-4-3-5-11-26(34)31-25-13-12-20-9-6-7-10-23(20)29-25/h6-7,9-10,15-16,25,29H,2-5,8,11-14,17H2,1H3,(H,31,34)(H,30,32,35). The highest BCUT2D eigenvalue weighted by Gasteiger charge is 2.19. The molecule has 3 N–H and O–H groups in total. The van der Waals surface area contributed by atoms with Crippen LogP contribution in [0.15, 0.2) is 46.2 Å². The lowest BCUT2D eigenvalue weighted by molar-refractivity contribution is -0.121. The highest BCUT2D eigenvalue weighted by molar-refractivity contribution is 5.76. The molecule has 0 saturated carbocycles. The number of carbonyl (C=O) groups is 1. The van der Waals surface area contributed by atoms with Gasteiger partial charge in [-0.25, -0.2) is 4.99 Å². The van der Waals surface area contributed by atoms with Gasteiger partial charge in [-0.3, -0.25) is 14.6 Å². The molecule has 1 unspecified atom stereocenters. The molecule has 36 heavy (non-hydrogen) atoms. The van der Waals surface area contributed by atoms with Gasteiger partial charge < -0.3 is 19.9 Å². The summed E-state index contributed by atoms with van der Waals surface area (Å²) in [5.41, 5.74) is 5.74. The number of imidazole rings is 1. The molecule has 5 rings (SSSR count). The fourth-order valence-electron chi connectivity index (χ4n) is 4.92. The molecule has 8 heteroatoms. The number of fused-ring (bicyclic) bond motifs is 3. The third kappa shape index (κ3) is 5.22. The Bertz CT molecular complexity index is 1440. The lowest BCUT2D eigenvalue weighted by Gasteiger charge is -2.27. The molecule has 1 aromatic heterocycles. The molecule has 0 saturated heterocycles. The van der Waals surface area contributed by atoms with Gasteiger partial charge in [0.15, 0.2) is 0 Å². The fourth-order valence-corrected chi connectivity index (χ4v) is 4.92. The number of ether oxygens (including phenoxy) is 1. The van der Waals surface area contributed by atoms with Crippen molar-refractivity contribution in [3.63, 3.8) is 0 Å². The number of carbonyl (C=O) groups excluding carboxylic acids is 1. The second-order valence-electron chi connectivity index (χ2n) is 9.63. The van der Waals surface area contributed by atoms with Crippen molar-refractivity contribution < 1.29 is 9.53 Å². The van der Waals surface area contributed by atoms with Crippen molar-refractivity contribution in [2.24, 2.45) is 4.99 Å². The number of para-hydroxylation sites is 1. The van der Waals surface area contributed by atoms with E-state index in [1.807, 2.05) is 29.7 Å². The van der Waals surface area contributed by atoms with Gasteiger partial charge in [-0.05, 0) is 55.9 Å². The third-order valence-electron chi connectivity index (χ3n) is 6.99. The monoisotopic (exact) mass is 487 g/mol. The topological polar surface area (TPSA) is 101 Å². The van der Waals surface area contributed by atoms with Crippen molar-refractivity contribution >= 4 is 23.9 Å². The minimum atomic E-state index is -0.204. The molecule has 0 radical (unpaired) electrons. The summed E-state index contributed by atoms with van der Waals surface area (Å²) in [6, 6.07) is 12.2. The highest BCUT2D eigenvalue weighted by Crippen LogP contribution is 2.30. The number of amides is 1.